The zero-order chi connectivity index (χ0) is 20.2. The average molecular weight is 412 g/mol. The predicted molar refractivity (Wildman–Crippen MR) is 101 cm³/mol. The molecule has 0 saturated heterocycles. The van der Waals surface area contributed by atoms with Crippen LogP contribution < -0.4 is 10.1 Å². The van der Waals surface area contributed by atoms with Gasteiger partial charge in [0.25, 0.3) is 5.91 Å². The lowest BCUT2D eigenvalue weighted by Gasteiger charge is -2.13. The van der Waals surface area contributed by atoms with Gasteiger partial charge in [0.2, 0.25) is 10.0 Å². The maximum atomic E-state index is 12.1. The van der Waals surface area contributed by atoms with Gasteiger partial charge in [-0.25, -0.2) is 21.1 Å². The van der Waals surface area contributed by atoms with Crippen LogP contribution in [-0.4, -0.2) is 54.0 Å². The van der Waals surface area contributed by atoms with Crippen molar-refractivity contribution in [2.75, 3.05) is 32.3 Å². The van der Waals surface area contributed by atoms with E-state index in [0.717, 1.165) is 10.6 Å². The van der Waals surface area contributed by atoms with Gasteiger partial charge in [-0.05, 0) is 42.5 Å². The maximum Gasteiger partial charge on any atom is 0.262 e. The molecule has 0 heterocycles. The van der Waals surface area contributed by atoms with Crippen molar-refractivity contribution >= 4 is 31.5 Å². The lowest BCUT2D eigenvalue weighted by atomic mass is 10.3. The molecule has 2 aromatic carbocycles. The molecular weight excluding hydrogens is 392 g/mol. The fourth-order valence-corrected chi connectivity index (χ4v) is 3.65. The first kappa shape index (κ1) is 20.9. The van der Waals surface area contributed by atoms with Crippen LogP contribution in [0.25, 0.3) is 0 Å². The molecule has 1 amide bonds. The molecular formula is C17H20N2O6S2. The van der Waals surface area contributed by atoms with E-state index in [9.17, 15) is 21.6 Å². The van der Waals surface area contributed by atoms with Gasteiger partial charge in [0.1, 0.15) is 5.75 Å². The lowest BCUT2D eigenvalue weighted by Crippen LogP contribution is -2.23. The van der Waals surface area contributed by atoms with E-state index in [4.69, 9.17) is 4.74 Å². The first-order valence-electron chi connectivity index (χ1n) is 7.75. The zero-order valence-corrected chi connectivity index (χ0v) is 16.7. The number of sulfone groups is 1. The minimum atomic E-state index is -3.60. The summed E-state index contributed by atoms with van der Waals surface area (Å²) < 4.78 is 53.4. The largest absolute Gasteiger partial charge is 0.484 e. The van der Waals surface area contributed by atoms with E-state index in [2.05, 4.69) is 5.32 Å². The summed E-state index contributed by atoms with van der Waals surface area (Å²) in [4.78, 5) is 12.2. The number of nitrogens with one attached hydrogen (secondary N) is 1. The highest BCUT2D eigenvalue weighted by Gasteiger charge is 2.17. The Balaban J connectivity index is 2.00. The average Bonchev–Trinajstić information content (AvgIpc) is 2.59. The van der Waals surface area contributed by atoms with Gasteiger partial charge in [0, 0.05) is 26.0 Å². The Bertz CT molecular complexity index is 1030. The van der Waals surface area contributed by atoms with Crippen LogP contribution in [0.5, 0.6) is 5.75 Å². The number of sulfonamides is 1. The van der Waals surface area contributed by atoms with E-state index in [-0.39, 0.29) is 16.4 Å². The molecule has 0 bridgehead atoms. The number of carbonyl (C=O) groups is 1. The van der Waals surface area contributed by atoms with Gasteiger partial charge in [-0.15, -0.1) is 0 Å². The number of amides is 1. The van der Waals surface area contributed by atoms with Crippen LogP contribution in [0.15, 0.2) is 58.3 Å². The Hall–Kier alpha value is -2.43. The van der Waals surface area contributed by atoms with Crippen molar-refractivity contribution in [3.05, 3.63) is 48.5 Å². The van der Waals surface area contributed by atoms with E-state index < -0.39 is 25.8 Å². The summed E-state index contributed by atoms with van der Waals surface area (Å²) in [6.07, 6.45) is 1.10. The topological polar surface area (TPSA) is 110 Å². The summed E-state index contributed by atoms with van der Waals surface area (Å²) in [5.41, 5.74) is 0.318. The number of ether oxygens (including phenoxy) is 1. The second-order valence-electron chi connectivity index (χ2n) is 5.90. The molecule has 0 fully saturated rings. The molecule has 8 nitrogen and oxygen atoms in total. The highest BCUT2D eigenvalue weighted by Crippen LogP contribution is 2.18. The van der Waals surface area contributed by atoms with E-state index in [1.165, 1.54) is 56.6 Å². The molecule has 10 heteroatoms. The normalized spacial score (nSPS) is 12.0. The molecule has 2 aromatic rings. The third kappa shape index (κ3) is 5.52. The number of hydrogen-bond acceptors (Lipinski definition) is 6. The maximum absolute atomic E-state index is 12.1. The molecule has 0 atom stereocenters. The van der Waals surface area contributed by atoms with Crippen molar-refractivity contribution in [3.8, 4) is 5.75 Å². The molecule has 146 valence electrons. The van der Waals surface area contributed by atoms with Gasteiger partial charge < -0.3 is 10.1 Å². The standard InChI is InChI=1S/C17H20N2O6S2/c1-19(2)27(23,24)16-6-4-5-13(11-16)18-17(20)12-25-14-7-9-15(10-8-14)26(3,21)22/h4-11H,12H2,1-3H3,(H,18,20). The summed E-state index contributed by atoms with van der Waals surface area (Å²) >= 11 is 0. The third-order valence-electron chi connectivity index (χ3n) is 3.52. The molecule has 0 saturated carbocycles. The summed E-state index contributed by atoms with van der Waals surface area (Å²) in [6.45, 7) is -0.317. The third-order valence-corrected chi connectivity index (χ3v) is 6.46. The Morgan fingerprint density at radius 3 is 2.19 bits per heavy atom. The molecule has 0 aliphatic carbocycles. The van der Waals surface area contributed by atoms with Crippen molar-refractivity contribution in [2.24, 2.45) is 0 Å². The molecule has 0 spiro atoms. The van der Waals surface area contributed by atoms with Crippen LogP contribution in [0.1, 0.15) is 0 Å². The first-order valence-corrected chi connectivity index (χ1v) is 11.1. The number of carbonyl (C=O) groups excluding carboxylic acids is 1. The second kappa shape index (κ2) is 8.07. The Kier molecular flexibility index (Phi) is 6.24. The first-order chi connectivity index (χ1) is 12.5. The van der Waals surface area contributed by atoms with E-state index in [1.54, 1.807) is 6.07 Å². The summed E-state index contributed by atoms with van der Waals surface area (Å²) in [7, 11) is -4.07. The highest BCUT2D eigenvalue weighted by molar-refractivity contribution is 7.90. The van der Waals surface area contributed by atoms with E-state index >= 15 is 0 Å². The fourth-order valence-electron chi connectivity index (χ4n) is 2.07. The number of anilines is 1. The Morgan fingerprint density at radius 2 is 1.63 bits per heavy atom. The molecule has 0 aliphatic rings. The number of nitrogens with zero attached hydrogens (tertiary/aromatic N) is 1. The summed E-state index contributed by atoms with van der Waals surface area (Å²) in [5, 5.41) is 2.56. The fraction of sp³-hybridized carbons (Fsp3) is 0.235. The number of rotatable bonds is 7. The molecule has 1 N–H and O–H groups in total. The van der Waals surface area contributed by atoms with Gasteiger partial charge in [0.05, 0.1) is 9.79 Å². The zero-order valence-electron chi connectivity index (χ0n) is 15.0. The molecule has 27 heavy (non-hydrogen) atoms. The van der Waals surface area contributed by atoms with Crippen LogP contribution in [0.3, 0.4) is 0 Å². The minimum absolute atomic E-state index is 0.0579. The summed E-state index contributed by atoms with van der Waals surface area (Å²) in [6, 6.07) is 11.6. The van der Waals surface area contributed by atoms with Crippen molar-refractivity contribution in [1.29, 1.82) is 0 Å². The second-order valence-corrected chi connectivity index (χ2v) is 10.1. The van der Waals surface area contributed by atoms with Gasteiger partial charge in [-0.1, -0.05) is 6.07 Å². The van der Waals surface area contributed by atoms with Crippen LogP contribution in [0.2, 0.25) is 0 Å². The van der Waals surface area contributed by atoms with E-state index in [1.807, 2.05) is 0 Å². The number of hydrogen-bond donors (Lipinski definition) is 1. The monoisotopic (exact) mass is 412 g/mol. The lowest BCUT2D eigenvalue weighted by molar-refractivity contribution is -0.118. The molecule has 2 rings (SSSR count). The number of benzene rings is 2. The van der Waals surface area contributed by atoms with Crippen molar-refractivity contribution in [3.63, 3.8) is 0 Å². The highest BCUT2D eigenvalue weighted by atomic mass is 32.2. The van der Waals surface area contributed by atoms with E-state index in [0.29, 0.717) is 11.4 Å². The van der Waals surface area contributed by atoms with Crippen LogP contribution >= 0.6 is 0 Å². The Labute approximate surface area is 158 Å². The predicted octanol–water partition coefficient (Wildman–Crippen LogP) is 1.36. The quantitative estimate of drug-likeness (QED) is 0.735. The van der Waals surface area contributed by atoms with Crippen LogP contribution in [0, 0.1) is 0 Å². The van der Waals surface area contributed by atoms with Gasteiger partial charge >= 0.3 is 0 Å². The van der Waals surface area contributed by atoms with Gasteiger partial charge in [0.15, 0.2) is 16.4 Å². The summed E-state index contributed by atoms with van der Waals surface area (Å²) in [5.74, 6) is -0.150. The van der Waals surface area contributed by atoms with Crippen molar-refractivity contribution in [1.82, 2.24) is 4.31 Å². The molecule has 0 aliphatic heterocycles. The minimum Gasteiger partial charge on any atom is -0.484 e. The van der Waals surface area contributed by atoms with Crippen LogP contribution in [0.4, 0.5) is 5.69 Å². The smallest absolute Gasteiger partial charge is 0.262 e. The van der Waals surface area contributed by atoms with Crippen molar-refractivity contribution in [2.45, 2.75) is 9.79 Å². The van der Waals surface area contributed by atoms with Crippen molar-refractivity contribution < 1.29 is 26.4 Å². The van der Waals surface area contributed by atoms with Gasteiger partial charge in [-0.3, -0.25) is 4.79 Å². The molecule has 0 unspecified atom stereocenters. The molecule has 0 aromatic heterocycles. The van der Waals surface area contributed by atoms with Gasteiger partial charge in [-0.2, -0.15) is 0 Å². The Morgan fingerprint density at radius 1 is 1.00 bits per heavy atom. The van der Waals surface area contributed by atoms with Crippen LogP contribution in [-0.2, 0) is 24.7 Å². The molecule has 0 radical (unpaired) electrons. The SMILES string of the molecule is CN(C)S(=O)(=O)c1cccc(NC(=O)COc2ccc(S(C)(=O)=O)cc2)c1.